The van der Waals surface area contributed by atoms with Gasteiger partial charge in [-0.25, -0.2) is 19.8 Å². The van der Waals surface area contributed by atoms with E-state index in [0.29, 0.717) is 6.54 Å². The van der Waals surface area contributed by atoms with Crippen molar-refractivity contribution in [1.29, 1.82) is 0 Å². The summed E-state index contributed by atoms with van der Waals surface area (Å²) in [4.78, 5) is 23.6. The molecule has 0 bridgehead atoms. The first-order chi connectivity index (χ1) is 8.92. The SMILES string of the molecule is CCN(C(=O)NN)C(C)c1ccc(C(=O)O)cc1F. The van der Waals surface area contributed by atoms with Crippen LogP contribution in [0.1, 0.15) is 35.8 Å². The number of carbonyl (C=O) groups is 2. The summed E-state index contributed by atoms with van der Waals surface area (Å²) in [5.41, 5.74) is 2.08. The molecule has 0 aliphatic rings. The third-order valence-corrected chi connectivity index (χ3v) is 2.89. The van der Waals surface area contributed by atoms with Gasteiger partial charge in [-0.3, -0.25) is 5.43 Å². The number of carboxylic acids is 1. The molecule has 1 rings (SSSR count). The second-order valence-electron chi connectivity index (χ2n) is 3.95. The largest absolute Gasteiger partial charge is 0.478 e. The predicted octanol–water partition coefficient (Wildman–Crippen LogP) is 1.49. The van der Waals surface area contributed by atoms with E-state index in [9.17, 15) is 14.0 Å². The van der Waals surface area contributed by atoms with Crippen LogP contribution in [-0.4, -0.2) is 28.6 Å². The number of urea groups is 1. The fourth-order valence-corrected chi connectivity index (χ4v) is 1.84. The molecule has 0 aromatic heterocycles. The minimum atomic E-state index is -1.20. The number of nitrogens with zero attached hydrogens (tertiary/aromatic N) is 1. The van der Waals surface area contributed by atoms with Gasteiger partial charge in [0.1, 0.15) is 5.82 Å². The molecule has 2 amide bonds. The Morgan fingerprint density at radius 3 is 2.58 bits per heavy atom. The molecule has 1 aromatic rings. The highest BCUT2D eigenvalue weighted by molar-refractivity contribution is 5.87. The Morgan fingerprint density at radius 1 is 1.53 bits per heavy atom. The van der Waals surface area contributed by atoms with Crippen LogP contribution in [0.15, 0.2) is 18.2 Å². The van der Waals surface area contributed by atoms with E-state index in [2.05, 4.69) is 0 Å². The van der Waals surface area contributed by atoms with Gasteiger partial charge in [0.15, 0.2) is 0 Å². The van der Waals surface area contributed by atoms with Crippen molar-refractivity contribution in [2.45, 2.75) is 19.9 Å². The Balaban J connectivity index is 3.08. The molecular weight excluding hydrogens is 253 g/mol. The molecule has 0 aliphatic carbocycles. The van der Waals surface area contributed by atoms with E-state index in [0.717, 1.165) is 6.07 Å². The zero-order valence-corrected chi connectivity index (χ0v) is 10.7. The summed E-state index contributed by atoms with van der Waals surface area (Å²) in [5.74, 6) is 3.18. The maximum absolute atomic E-state index is 13.9. The van der Waals surface area contributed by atoms with Crippen LogP contribution in [0, 0.1) is 5.82 Å². The first-order valence-corrected chi connectivity index (χ1v) is 5.72. The number of halogens is 1. The number of rotatable bonds is 4. The van der Waals surface area contributed by atoms with Crippen molar-refractivity contribution in [3.8, 4) is 0 Å². The van der Waals surface area contributed by atoms with Crippen LogP contribution < -0.4 is 11.3 Å². The Kier molecular flexibility index (Phi) is 4.82. The smallest absolute Gasteiger partial charge is 0.335 e. The van der Waals surface area contributed by atoms with E-state index in [1.54, 1.807) is 13.8 Å². The van der Waals surface area contributed by atoms with Gasteiger partial charge < -0.3 is 10.0 Å². The molecule has 0 radical (unpaired) electrons. The number of hydrogen-bond donors (Lipinski definition) is 3. The minimum absolute atomic E-state index is 0.139. The number of aromatic carboxylic acids is 1. The van der Waals surface area contributed by atoms with Gasteiger partial charge in [-0.2, -0.15) is 0 Å². The first-order valence-electron chi connectivity index (χ1n) is 5.72. The van der Waals surface area contributed by atoms with Gasteiger partial charge in [0.25, 0.3) is 0 Å². The highest BCUT2D eigenvalue weighted by Gasteiger charge is 2.22. The van der Waals surface area contributed by atoms with Gasteiger partial charge in [0.2, 0.25) is 0 Å². The highest BCUT2D eigenvalue weighted by atomic mass is 19.1. The molecule has 104 valence electrons. The van der Waals surface area contributed by atoms with Crippen molar-refractivity contribution < 1.29 is 19.1 Å². The van der Waals surface area contributed by atoms with Gasteiger partial charge in [-0.1, -0.05) is 6.07 Å². The van der Waals surface area contributed by atoms with Gasteiger partial charge in [0, 0.05) is 12.1 Å². The van der Waals surface area contributed by atoms with E-state index in [1.165, 1.54) is 17.0 Å². The zero-order chi connectivity index (χ0) is 14.6. The van der Waals surface area contributed by atoms with E-state index < -0.39 is 23.9 Å². The van der Waals surface area contributed by atoms with E-state index >= 15 is 0 Å². The Morgan fingerprint density at radius 2 is 2.16 bits per heavy atom. The summed E-state index contributed by atoms with van der Waals surface area (Å²) >= 11 is 0. The van der Waals surface area contributed by atoms with Crippen LogP contribution in [0.3, 0.4) is 0 Å². The molecule has 0 spiro atoms. The lowest BCUT2D eigenvalue weighted by atomic mass is 10.0. The van der Waals surface area contributed by atoms with E-state index in [1.807, 2.05) is 5.43 Å². The average Bonchev–Trinajstić information content (AvgIpc) is 2.38. The second kappa shape index (κ2) is 6.14. The van der Waals surface area contributed by atoms with Crippen molar-refractivity contribution >= 4 is 12.0 Å². The average molecular weight is 269 g/mol. The van der Waals surface area contributed by atoms with Gasteiger partial charge in [-0.15, -0.1) is 0 Å². The molecule has 0 saturated heterocycles. The second-order valence-corrected chi connectivity index (χ2v) is 3.95. The third-order valence-electron chi connectivity index (χ3n) is 2.89. The molecule has 4 N–H and O–H groups in total. The number of nitrogens with two attached hydrogens (primary N) is 1. The normalized spacial score (nSPS) is 11.8. The van der Waals surface area contributed by atoms with Gasteiger partial charge in [-0.05, 0) is 26.0 Å². The topological polar surface area (TPSA) is 95.7 Å². The summed E-state index contributed by atoms with van der Waals surface area (Å²) in [7, 11) is 0. The molecule has 1 unspecified atom stereocenters. The van der Waals surface area contributed by atoms with Crippen LogP contribution in [0.25, 0.3) is 0 Å². The van der Waals surface area contributed by atoms with Crippen molar-refractivity contribution in [3.63, 3.8) is 0 Å². The van der Waals surface area contributed by atoms with Crippen LogP contribution in [0.5, 0.6) is 0 Å². The minimum Gasteiger partial charge on any atom is -0.478 e. The summed E-state index contributed by atoms with van der Waals surface area (Å²) in [6.07, 6.45) is 0. The lowest BCUT2D eigenvalue weighted by molar-refractivity contribution is 0.0696. The number of carbonyl (C=O) groups excluding carboxylic acids is 1. The molecule has 7 heteroatoms. The molecule has 0 saturated carbocycles. The summed E-state index contributed by atoms with van der Waals surface area (Å²) in [6, 6.07) is 2.50. The molecule has 1 atom stereocenters. The lowest BCUT2D eigenvalue weighted by Crippen LogP contribution is -2.44. The molecule has 6 nitrogen and oxygen atoms in total. The number of nitrogens with one attached hydrogen (secondary N) is 1. The highest BCUT2D eigenvalue weighted by Crippen LogP contribution is 2.23. The third kappa shape index (κ3) is 3.19. The number of carboxylic acid groups (broad SMARTS) is 1. The maximum Gasteiger partial charge on any atom is 0.335 e. The summed E-state index contributed by atoms with van der Waals surface area (Å²) < 4.78 is 13.9. The molecule has 0 fully saturated rings. The fourth-order valence-electron chi connectivity index (χ4n) is 1.84. The monoisotopic (exact) mass is 269 g/mol. The number of hydrogen-bond acceptors (Lipinski definition) is 3. The van der Waals surface area contributed by atoms with Crippen molar-refractivity contribution in [1.82, 2.24) is 10.3 Å². The quantitative estimate of drug-likeness (QED) is 0.438. The van der Waals surface area contributed by atoms with E-state index in [4.69, 9.17) is 10.9 Å². The van der Waals surface area contributed by atoms with Gasteiger partial charge in [0.05, 0.1) is 11.6 Å². The Bertz CT molecular complexity index is 493. The molecule has 0 heterocycles. The van der Waals surface area contributed by atoms with Crippen molar-refractivity contribution in [2.75, 3.05) is 6.54 Å². The van der Waals surface area contributed by atoms with Gasteiger partial charge >= 0.3 is 12.0 Å². The van der Waals surface area contributed by atoms with Crippen molar-refractivity contribution in [3.05, 3.63) is 35.1 Å². The fraction of sp³-hybridized carbons (Fsp3) is 0.333. The standard InChI is InChI=1S/C12H16FN3O3/c1-3-16(12(19)15-14)7(2)9-5-4-8(11(17)18)6-10(9)13/h4-7H,3,14H2,1-2H3,(H,15,19)(H,17,18). The van der Waals surface area contributed by atoms with E-state index in [-0.39, 0.29) is 11.1 Å². The lowest BCUT2D eigenvalue weighted by Gasteiger charge is -2.28. The molecular formula is C12H16FN3O3. The first kappa shape index (κ1) is 14.9. The van der Waals surface area contributed by atoms with Crippen LogP contribution in [0.4, 0.5) is 9.18 Å². The van der Waals surface area contributed by atoms with Crippen molar-refractivity contribution in [2.24, 2.45) is 5.84 Å². The Hall–Kier alpha value is -2.15. The van der Waals surface area contributed by atoms with Crippen LogP contribution in [-0.2, 0) is 0 Å². The molecule has 0 aliphatic heterocycles. The zero-order valence-electron chi connectivity index (χ0n) is 10.7. The number of amides is 2. The number of benzene rings is 1. The maximum atomic E-state index is 13.9. The summed E-state index contributed by atoms with van der Waals surface area (Å²) in [5, 5.41) is 8.76. The Labute approximate surface area is 110 Å². The summed E-state index contributed by atoms with van der Waals surface area (Å²) in [6.45, 7) is 3.71. The molecule has 1 aromatic carbocycles. The number of hydrazine groups is 1. The van der Waals surface area contributed by atoms with Crippen LogP contribution in [0.2, 0.25) is 0 Å². The van der Waals surface area contributed by atoms with Crippen LogP contribution >= 0.6 is 0 Å². The predicted molar refractivity (Wildman–Crippen MR) is 66.9 cm³/mol. The molecule has 19 heavy (non-hydrogen) atoms.